The lowest BCUT2D eigenvalue weighted by Crippen LogP contribution is -2.42. The average Bonchev–Trinajstić information content (AvgIpc) is 2.29. The van der Waals surface area contributed by atoms with Gasteiger partial charge in [0.2, 0.25) is 0 Å². The molecular formula is C11H13ClN2O2. The summed E-state index contributed by atoms with van der Waals surface area (Å²) in [5, 5.41) is 9.86. The molecule has 0 aliphatic carbocycles. The number of hydrogen-bond donors (Lipinski definition) is 1. The zero-order valence-corrected chi connectivity index (χ0v) is 9.52. The minimum absolute atomic E-state index is 0.133. The third kappa shape index (κ3) is 2.33. The Morgan fingerprint density at radius 1 is 1.62 bits per heavy atom. The van der Waals surface area contributed by atoms with Gasteiger partial charge in [0.15, 0.2) is 0 Å². The van der Waals surface area contributed by atoms with Crippen molar-refractivity contribution in [3.63, 3.8) is 0 Å². The normalized spacial score (nSPS) is 20.9. The van der Waals surface area contributed by atoms with Crippen molar-refractivity contribution >= 4 is 17.5 Å². The molecule has 0 spiro atoms. The Labute approximate surface area is 98.9 Å². The van der Waals surface area contributed by atoms with Crippen LogP contribution in [0.3, 0.4) is 0 Å². The molecular weight excluding hydrogens is 228 g/mol. The second-order valence-electron chi connectivity index (χ2n) is 3.90. The van der Waals surface area contributed by atoms with Crippen molar-refractivity contribution in [3.8, 4) is 0 Å². The van der Waals surface area contributed by atoms with Gasteiger partial charge in [0.25, 0.3) is 5.91 Å². The number of carbonyl (C=O) groups excluding carboxylic acids is 1. The molecule has 1 aliphatic rings. The fourth-order valence-corrected chi connectivity index (χ4v) is 2.06. The minimum atomic E-state index is -0.418. The molecule has 5 heteroatoms. The van der Waals surface area contributed by atoms with Gasteiger partial charge in [-0.3, -0.25) is 9.78 Å². The van der Waals surface area contributed by atoms with Crippen LogP contribution in [0.2, 0.25) is 5.02 Å². The van der Waals surface area contributed by atoms with E-state index in [9.17, 15) is 9.90 Å². The fourth-order valence-electron chi connectivity index (χ4n) is 1.86. The maximum Gasteiger partial charge on any atom is 0.255 e. The highest BCUT2D eigenvalue weighted by Crippen LogP contribution is 2.18. The third-order valence-corrected chi connectivity index (χ3v) is 2.99. The summed E-state index contributed by atoms with van der Waals surface area (Å²) in [5.41, 5.74) is 0.450. The highest BCUT2D eigenvalue weighted by atomic mass is 35.5. The number of aliphatic hydroxyl groups is 1. The molecule has 4 nitrogen and oxygen atoms in total. The van der Waals surface area contributed by atoms with E-state index in [4.69, 9.17) is 11.6 Å². The largest absolute Gasteiger partial charge is 0.391 e. The average molecular weight is 241 g/mol. The van der Waals surface area contributed by atoms with Gasteiger partial charge in [0.1, 0.15) is 0 Å². The summed E-state index contributed by atoms with van der Waals surface area (Å²) < 4.78 is 0. The first kappa shape index (κ1) is 11.4. The van der Waals surface area contributed by atoms with E-state index in [2.05, 4.69) is 4.98 Å². The number of amides is 1. The van der Waals surface area contributed by atoms with Crippen molar-refractivity contribution < 1.29 is 9.90 Å². The summed E-state index contributed by atoms with van der Waals surface area (Å²) in [6.07, 6.45) is 4.16. The molecule has 2 rings (SSSR count). The lowest BCUT2D eigenvalue weighted by Gasteiger charge is -2.30. The molecule has 1 aromatic rings. The van der Waals surface area contributed by atoms with E-state index in [1.807, 2.05) is 0 Å². The first-order valence-electron chi connectivity index (χ1n) is 5.25. The summed E-state index contributed by atoms with van der Waals surface area (Å²) >= 11 is 5.90. The van der Waals surface area contributed by atoms with Crippen LogP contribution in [0.5, 0.6) is 0 Å². The van der Waals surface area contributed by atoms with E-state index in [1.54, 1.807) is 17.2 Å². The molecule has 1 N–H and O–H groups in total. The van der Waals surface area contributed by atoms with Gasteiger partial charge >= 0.3 is 0 Å². The second kappa shape index (κ2) is 4.80. The summed E-state index contributed by atoms with van der Waals surface area (Å²) in [6.45, 7) is 1.06. The van der Waals surface area contributed by atoms with Crippen LogP contribution in [0.1, 0.15) is 23.2 Å². The number of hydrogen-bond acceptors (Lipinski definition) is 3. The third-order valence-electron chi connectivity index (χ3n) is 2.69. The number of aliphatic hydroxyl groups excluding tert-OH is 1. The monoisotopic (exact) mass is 240 g/mol. The Morgan fingerprint density at radius 2 is 2.44 bits per heavy atom. The highest BCUT2D eigenvalue weighted by Gasteiger charge is 2.24. The number of rotatable bonds is 1. The van der Waals surface area contributed by atoms with Gasteiger partial charge < -0.3 is 10.0 Å². The van der Waals surface area contributed by atoms with Crippen LogP contribution >= 0.6 is 11.6 Å². The number of likely N-dealkylation sites (tertiary alicyclic amines) is 1. The molecule has 1 fully saturated rings. The molecule has 1 unspecified atom stereocenters. The molecule has 1 amide bonds. The number of β-amino-alcohol motifs (C(OH)–C–C–N with tert-alkyl or cyclic N) is 1. The first-order valence-corrected chi connectivity index (χ1v) is 5.63. The molecule has 1 atom stereocenters. The highest BCUT2D eigenvalue weighted by molar-refractivity contribution is 6.33. The van der Waals surface area contributed by atoms with Crippen molar-refractivity contribution in [1.82, 2.24) is 9.88 Å². The Hall–Kier alpha value is -1.13. The summed E-state index contributed by atoms with van der Waals surface area (Å²) in [5.74, 6) is -0.133. The van der Waals surface area contributed by atoms with E-state index in [0.29, 0.717) is 23.7 Å². The predicted octanol–water partition coefficient (Wildman–Crippen LogP) is 1.33. The lowest BCUT2D eigenvalue weighted by molar-refractivity contribution is 0.0474. The number of pyridine rings is 1. The van der Waals surface area contributed by atoms with Crippen LogP contribution in [0, 0.1) is 0 Å². The zero-order valence-electron chi connectivity index (χ0n) is 8.77. The summed E-state index contributed by atoms with van der Waals surface area (Å²) in [6, 6.07) is 1.60. The van der Waals surface area contributed by atoms with Crippen LogP contribution < -0.4 is 0 Å². The summed E-state index contributed by atoms with van der Waals surface area (Å²) in [4.78, 5) is 17.5. The Balaban J connectivity index is 2.16. The van der Waals surface area contributed by atoms with Crippen LogP contribution in [0.4, 0.5) is 0 Å². The van der Waals surface area contributed by atoms with E-state index in [0.717, 1.165) is 12.8 Å². The molecule has 1 aromatic heterocycles. The molecule has 0 aromatic carbocycles. The lowest BCUT2D eigenvalue weighted by atomic mass is 10.1. The van der Waals surface area contributed by atoms with Gasteiger partial charge in [0, 0.05) is 25.5 Å². The van der Waals surface area contributed by atoms with Crippen molar-refractivity contribution in [2.45, 2.75) is 18.9 Å². The first-order chi connectivity index (χ1) is 7.68. The van der Waals surface area contributed by atoms with E-state index in [1.165, 1.54) is 6.20 Å². The van der Waals surface area contributed by atoms with Gasteiger partial charge in [-0.2, -0.15) is 0 Å². The van der Waals surface area contributed by atoms with Crippen LogP contribution in [-0.2, 0) is 0 Å². The van der Waals surface area contributed by atoms with E-state index >= 15 is 0 Å². The number of aromatic nitrogens is 1. The number of carbonyl (C=O) groups is 1. The SMILES string of the molecule is O=C(c1ccncc1Cl)N1CCCC(O)C1. The quantitative estimate of drug-likeness (QED) is 0.806. The van der Waals surface area contributed by atoms with Crippen LogP contribution in [0.15, 0.2) is 18.5 Å². The van der Waals surface area contributed by atoms with Gasteiger partial charge in [-0.1, -0.05) is 11.6 Å². The predicted molar refractivity (Wildman–Crippen MR) is 60.4 cm³/mol. The van der Waals surface area contributed by atoms with Crippen molar-refractivity contribution in [3.05, 3.63) is 29.0 Å². The number of halogens is 1. The molecule has 0 saturated carbocycles. The molecule has 2 heterocycles. The van der Waals surface area contributed by atoms with Crippen LogP contribution in [0.25, 0.3) is 0 Å². The molecule has 0 radical (unpaired) electrons. The smallest absolute Gasteiger partial charge is 0.255 e. The summed E-state index contributed by atoms with van der Waals surface area (Å²) in [7, 11) is 0. The van der Waals surface area contributed by atoms with Crippen molar-refractivity contribution in [1.29, 1.82) is 0 Å². The van der Waals surface area contributed by atoms with Gasteiger partial charge in [-0.05, 0) is 18.9 Å². The minimum Gasteiger partial charge on any atom is -0.391 e. The molecule has 1 saturated heterocycles. The molecule has 86 valence electrons. The maximum atomic E-state index is 12.1. The number of piperidine rings is 1. The Bertz CT molecular complexity index is 397. The Morgan fingerprint density at radius 3 is 3.12 bits per heavy atom. The van der Waals surface area contributed by atoms with Crippen molar-refractivity contribution in [2.24, 2.45) is 0 Å². The molecule has 16 heavy (non-hydrogen) atoms. The van der Waals surface area contributed by atoms with Crippen LogP contribution in [-0.4, -0.2) is 40.1 Å². The van der Waals surface area contributed by atoms with Crippen molar-refractivity contribution in [2.75, 3.05) is 13.1 Å². The van der Waals surface area contributed by atoms with Gasteiger partial charge in [-0.25, -0.2) is 0 Å². The Kier molecular flexibility index (Phi) is 3.41. The molecule has 1 aliphatic heterocycles. The van der Waals surface area contributed by atoms with E-state index in [-0.39, 0.29) is 5.91 Å². The van der Waals surface area contributed by atoms with Gasteiger partial charge in [0.05, 0.1) is 16.7 Å². The van der Waals surface area contributed by atoms with E-state index < -0.39 is 6.10 Å². The number of nitrogens with zero attached hydrogens (tertiary/aromatic N) is 2. The zero-order chi connectivity index (χ0) is 11.5. The van der Waals surface area contributed by atoms with Gasteiger partial charge in [-0.15, -0.1) is 0 Å². The maximum absolute atomic E-state index is 12.1. The topological polar surface area (TPSA) is 53.4 Å². The standard InChI is InChI=1S/C11H13ClN2O2/c12-10-6-13-4-3-9(10)11(16)14-5-1-2-8(15)7-14/h3-4,6,8,15H,1-2,5,7H2. The fraction of sp³-hybridized carbons (Fsp3) is 0.455. The molecule has 0 bridgehead atoms. The second-order valence-corrected chi connectivity index (χ2v) is 4.31.